The summed E-state index contributed by atoms with van der Waals surface area (Å²) in [6.45, 7) is 8.16. The number of carboxylic acid groups (broad SMARTS) is 1. The lowest BCUT2D eigenvalue weighted by Crippen LogP contribution is -2.32. The molecule has 0 spiro atoms. The normalized spacial score (nSPS) is 12.3. The average Bonchev–Trinajstić information content (AvgIpc) is 2.21. The molecule has 0 amide bonds. The molecule has 0 atom stereocenters. The smallest absolute Gasteiger partial charge is 0.450 e. The molecule has 0 aliphatic carbocycles. The Morgan fingerprint density at radius 1 is 1.16 bits per heavy atom. The van der Waals surface area contributed by atoms with Crippen LogP contribution in [0.4, 0.5) is 4.79 Å². The van der Waals surface area contributed by atoms with E-state index in [2.05, 4.69) is 4.74 Å². The molecule has 0 saturated heterocycles. The molecule has 0 aliphatic heterocycles. The van der Waals surface area contributed by atoms with Crippen LogP contribution in [0.2, 0.25) is 0 Å². The van der Waals surface area contributed by atoms with E-state index in [9.17, 15) is 9.59 Å². The monoisotopic (exact) mass is 276 g/mol. The van der Waals surface area contributed by atoms with Gasteiger partial charge in [0.05, 0.1) is 6.08 Å². The lowest BCUT2D eigenvalue weighted by Gasteiger charge is -2.22. The van der Waals surface area contributed by atoms with Crippen LogP contribution >= 0.6 is 0 Å². The SMILES string of the molecule is CCC(C)(C)OOC=CC(=O)OC(C)(C)OC(=O)O. The number of carbonyl (C=O) groups excluding carboxylic acids is 1. The molecule has 0 saturated carbocycles. The molecule has 1 N–H and O–H groups in total. The second-order valence-electron chi connectivity index (χ2n) is 4.78. The first kappa shape index (κ1) is 17.2. The molecule has 0 bridgehead atoms. The molecule has 7 nitrogen and oxygen atoms in total. The third kappa shape index (κ3) is 8.90. The molecule has 0 aromatic heterocycles. The average molecular weight is 276 g/mol. The fourth-order valence-corrected chi connectivity index (χ4v) is 0.808. The predicted octanol–water partition coefficient (Wildman–Crippen LogP) is 2.61. The maximum Gasteiger partial charge on any atom is 0.509 e. The molecule has 0 heterocycles. The Kier molecular flexibility index (Phi) is 6.34. The van der Waals surface area contributed by atoms with Crippen molar-refractivity contribution in [3.8, 4) is 0 Å². The Balaban J connectivity index is 4.14. The van der Waals surface area contributed by atoms with Crippen molar-refractivity contribution < 1.29 is 33.9 Å². The predicted molar refractivity (Wildman–Crippen MR) is 65.0 cm³/mol. The molecular weight excluding hydrogens is 256 g/mol. The molecule has 19 heavy (non-hydrogen) atoms. The number of carbonyl (C=O) groups is 2. The van der Waals surface area contributed by atoms with Crippen molar-refractivity contribution in [3.05, 3.63) is 12.3 Å². The van der Waals surface area contributed by atoms with E-state index >= 15 is 0 Å². The van der Waals surface area contributed by atoms with Gasteiger partial charge in [-0.3, -0.25) is 0 Å². The highest BCUT2D eigenvalue weighted by atomic mass is 17.2. The van der Waals surface area contributed by atoms with E-state index in [1.807, 2.05) is 20.8 Å². The Bertz CT molecular complexity index is 344. The number of esters is 1. The van der Waals surface area contributed by atoms with Gasteiger partial charge >= 0.3 is 12.1 Å². The maximum atomic E-state index is 11.3. The second-order valence-corrected chi connectivity index (χ2v) is 4.78. The summed E-state index contributed by atoms with van der Waals surface area (Å²) in [5, 5.41) is 8.42. The third-order valence-electron chi connectivity index (χ3n) is 2.06. The molecule has 0 aromatic carbocycles. The van der Waals surface area contributed by atoms with E-state index < -0.39 is 23.5 Å². The van der Waals surface area contributed by atoms with E-state index in [1.165, 1.54) is 13.8 Å². The molecular formula is C12H20O7. The quantitative estimate of drug-likeness (QED) is 0.191. The van der Waals surface area contributed by atoms with Crippen LogP contribution < -0.4 is 0 Å². The molecule has 0 unspecified atom stereocenters. The standard InChI is InChI=1S/C12H20O7/c1-6-11(2,3)19-16-8-7-9(13)17-12(4,5)18-10(14)15/h7-8H,6H2,1-5H3,(H,14,15). The first-order chi connectivity index (χ1) is 8.58. The van der Waals surface area contributed by atoms with E-state index in [4.69, 9.17) is 19.6 Å². The number of rotatable bonds is 7. The zero-order valence-electron chi connectivity index (χ0n) is 11.8. The van der Waals surface area contributed by atoms with Crippen molar-refractivity contribution in [3.63, 3.8) is 0 Å². The van der Waals surface area contributed by atoms with Crippen molar-refractivity contribution in [2.45, 2.75) is 52.4 Å². The van der Waals surface area contributed by atoms with Crippen molar-refractivity contribution >= 4 is 12.1 Å². The summed E-state index contributed by atoms with van der Waals surface area (Å²) < 4.78 is 9.10. The van der Waals surface area contributed by atoms with Crippen LogP contribution in [0.25, 0.3) is 0 Å². The minimum Gasteiger partial charge on any atom is -0.450 e. The largest absolute Gasteiger partial charge is 0.509 e. The molecule has 0 fully saturated rings. The maximum absolute atomic E-state index is 11.3. The summed E-state index contributed by atoms with van der Waals surface area (Å²) in [6, 6.07) is 0. The zero-order chi connectivity index (χ0) is 15.1. The second kappa shape index (κ2) is 6.98. The Morgan fingerprint density at radius 3 is 2.21 bits per heavy atom. The summed E-state index contributed by atoms with van der Waals surface area (Å²) in [5.74, 6) is -2.39. The van der Waals surface area contributed by atoms with E-state index in [-0.39, 0.29) is 0 Å². The van der Waals surface area contributed by atoms with Gasteiger partial charge < -0.3 is 19.5 Å². The van der Waals surface area contributed by atoms with Crippen LogP contribution in [0, 0.1) is 0 Å². The lowest BCUT2D eigenvalue weighted by molar-refractivity contribution is -0.316. The van der Waals surface area contributed by atoms with Crippen LogP contribution in [-0.4, -0.2) is 28.6 Å². The van der Waals surface area contributed by atoms with Gasteiger partial charge in [-0.05, 0) is 20.3 Å². The van der Waals surface area contributed by atoms with Gasteiger partial charge in [0.25, 0.3) is 5.79 Å². The number of hydrogen-bond donors (Lipinski definition) is 1. The van der Waals surface area contributed by atoms with Gasteiger partial charge in [0.2, 0.25) is 0 Å². The molecule has 0 rings (SSSR count). The van der Waals surface area contributed by atoms with E-state index in [1.54, 1.807) is 0 Å². The summed E-state index contributed by atoms with van der Waals surface area (Å²) in [4.78, 5) is 31.4. The van der Waals surface area contributed by atoms with Gasteiger partial charge in [-0.15, -0.1) is 0 Å². The minimum atomic E-state index is -1.57. The minimum absolute atomic E-state index is 0.472. The summed E-state index contributed by atoms with van der Waals surface area (Å²) >= 11 is 0. The molecule has 0 radical (unpaired) electrons. The highest BCUT2D eigenvalue weighted by molar-refractivity contribution is 5.82. The van der Waals surface area contributed by atoms with Crippen LogP contribution in [0.15, 0.2) is 12.3 Å². The van der Waals surface area contributed by atoms with Crippen molar-refractivity contribution in [1.29, 1.82) is 0 Å². The van der Waals surface area contributed by atoms with Crippen LogP contribution in [0.5, 0.6) is 0 Å². The molecule has 0 aromatic rings. The van der Waals surface area contributed by atoms with Crippen molar-refractivity contribution in [1.82, 2.24) is 0 Å². The fourth-order valence-electron chi connectivity index (χ4n) is 0.808. The van der Waals surface area contributed by atoms with E-state index in [0.29, 0.717) is 0 Å². The zero-order valence-corrected chi connectivity index (χ0v) is 11.8. The van der Waals surface area contributed by atoms with Crippen LogP contribution in [0.1, 0.15) is 41.0 Å². The highest BCUT2D eigenvalue weighted by Crippen LogP contribution is 2.14. The first-order valence-corrected chi connectivity index (χ1v) is 5.74. The van der Waals surface area contributed by atoms with Crippen LogP contribution in [-0.2, 0) is 24.0 Å². The highest BCUT2D eigenvalue weighted by Gasteiger charge is 2.26. The number of ether oxygens (including phenoxy) is 2. The van der Waals surface area contributed by atoms with Crippen molar-refractivity contribution in [2.75, 3.05) is 0 Å². The Labute approximate surface area is 112 Å². The van der Waals surface area contributed by atoms with Gasteiger partial charge in [0.15, 0.2) is 0 Å². The Morgan fingerprint density at radius 2 is 1.74 bits per heavy atom. The number of hydrogen-bond acceptors (Lipinski definition) is 6. The van der Waals surface area contributed by atoms with Gasteiger partial charge in [-0.1, -0.05) is 6.92 Å². The summed E-state index contributed by atoms with van der Waals surface area (Å²) in [6.07, 6.45) is 1.16. The van der Waals surface area contributed by atoms with Gasteiger partial charge in [0, 0.05) is 13.8 Å². The van der Waals surface area contributed by atoms with Crippen molar-refractivity contribution in [2.24, 2.45) is 0 Å². The Hall–Kier alpha value is -1.76. The lowest BCUT2D eigenvalue weighted by atomic mass is 10.1. The summed E-state index contributed by atoms with van der Waals surface area (Å²) in [5.41, 5.74) is -0.472. The van der Waals surface area contributed by atoms with E-state index in [0.717, 1.165) is 18.8 Å². The van der Waals surface area contributed by atoms with Gasteiger partial charge in [0.1, 0.15) is 11.9 Å². The summed E-state index contributed by atoms with van der Waals surface area (Å²) in [7, 11) is 0. The van der Waals surface area contributed by atoms with Gasteiger partial charge in [-0.25, -0.2) is 9.59 Å². The fraction of sp³-hybridized carbons (Fsp3) is 0.667. The van der Waals surface area contributed by atoms with Crippen LogP contribution in [0.3, 0.4) is 0 Å². The van der Waals surface area contributed by atoms with Gasteiger partial charge in [-0.2, -0.15) is 4.89 Å². The molecule has 0 aliphatic rings. The molecule has 110 valence electrons. The molecule has 7 heteroatoms. The first-order valence-electron chi connectivity index (χ1n) is 5.74. The topological polar surface area (TPSA) is 91.3 Å². The third-order valence-corrected chi connectivity index (χ3v) is 2.06.